The van der Waals surface area contributed by atoms with Gasteiger partial charge in [-0.3, -0.25) is 9.59 Å². The molecule has 3 N–H and O–H groups in total. The molecule has 1 aromatic carbocycles. The summed E-state index contributed by atoms with van der Waals surface area (Å²) in [5.41, 5.74) is 3.94. The van der Waals surface area contributed by atoms with Crippen LogP contribution in [0.15, 0.2) is 36.4 Å². The van der Waals surface area contributed by atoms with E-state index in [1.807, 2.05) is 24.3 Å². The van der Waals surface area contributed by atoms with Crippen LogP contribution in [0.5, 0.6) is 0 Å². The van der Waals surface area contributed by atoms with Gasteiger partial charge in [-0.2, -0.15) is 0 Å². The van der Waals surface area contributed by atoms with Crippen LogP contribution in [-0.2, 0) is 27.2 Å². The maximum atomic E-state index is 13.2. The van der Waals surface area contributed by atoms with E-state index in [9.17, 15) is 14.7 Å². The molecule has 1 amide bonds. The molecule has 2 aromatic rings. The molecule has 4 heterocycles. The second kappa shape index (κ2) is 13.2. The average molecular weight is 564 g/mol. The molecule has 0 unspecified atom stereocenters. The number of rotatable bonds is 10. The van der Waals surface area contributed by atoms with Crippen LogP contribution in [0.4, 0.5) is 11.5 Å². The highest BCUT2D eigenvalue weighted by Gasteiger charge is 2.32. The van der Waals surface area contributed by atoms with E-state index in [2.05, 4.69) is 46.4 Å². The maximum Gasteiger partial charge on any atom is 0.312 e. The van der Waals surface area contributed by atoms with Crippen LogP contribution in [0.3, 0.4) is 0 Å². The van der Waals surface area contributed by atoms with Crippen LogP contribution in [0, 0.1) is 5.92 Å². The Morgan fingerprint density at radius 1 is 1.22 bits per heavy atom. The van der Waals surface area contributed by atoms with E-state index < -0.39 is 11.9 Å². The second-order valence-corrected chi connectivity index (χ2v) is 12.3. The fraction of sp³-hybridized carbons (Fsp3) is 0.594. The number of carbonyl (C=O) groups excluding carboxylic acids is 1. The number of carboxylic acids is 1. The summed E-state index contributed by atoms with van der Waals surface area (Å²) in [4.78, 5) is 34.9. The number of amides is 1. The Bertz CT molecular complexity index is 1220. The average Bonchev–Trinajstić information content (AvgIpc) is 2.97. The highest BCUT2D eigenvalue weighted by Crippen LogP contribution is 2.30. The summed E-state index contributed by atoms with van der Waals surface area (Å²) in [5.74, 6) is -0.861. The molecule has 2 fully saturated rings. The van der Waals surface area contributed by atoms with Crippen molar-refractivity contribution < 1.29 is 19.4 Å². The predicted octanol–water partition coefficient (Wildman–Crippen LogP) is 3.68. The summed E-state index contributed by atoms with van der Waals surface area (Å²) in [6.07, 6.45) is 5.98. The monoisotopic (exact) mass is 563 g/mol. The van der Waals surface area contributed by atoms with Crippen molar-refractivity contribution in [1.29, 1.82) is 0 Å². The minimum atomic E-state index is -0.931. The molecule has 0 saturated carbocycles. The van der Waals surface area contributed by atoms with Crippen molar-refractivity contribution in [3.63, 3.8) is 0 Å². The number of piperidine rings is 1. The van der Waals surface area contributed by atoms with E-state index in [4.69, 9.17) is 9.72 Å². The number of carbonyl (C=O) groups is 2. The number of nitrogens with zero attached hydrogens (tertiary/aromatic N) is 3. The number of nitrogens with one attached hydrogen (secondary N) is 2. The summed E-state index contributed by atoms with van der Waals surface area (Å²) in [6.45, 7) is 9.99. The molecule has 0 radical (unpaired) electrons. The molecule has 3 aliphatic heterocycles. The third-order valence-electron chi connectivity index (χ3n) is 8.74. The third kappa shape index (κ3) is 7.38. The highest BCUT2D eigenvalue weighted by molar-refractivity contribution is 5.81. The lowest BCUT2D eigenvalue weighted by Crippen LogP contribution is -2.53. The van der Waals surface area contributed by atoms with Crippen LogP contribution >= 0.6 is 0 Å². The van der Waals surface area contributed by atoms with Gasteiger partial charge in [0.15, 0.2) is 0 Å². The van der Waals surface area contributed by atoms with Gasteiger partial charge < -0.3 is 30.3 Å². The third-order valence-corrected chi connectivity index (χ3v) is 8.74. The Labute approximate surface area is 243 Å². The molecule has 0 bridgehead atoms. The van der Waals surface area contributed by atoms with Crippen molar-refractivity contribution in [1.82, 2.24) is 15.2 Å². The first-order valence-corrected chi connectivity index (χ1v) is 15.2. The number of hydrogen-bond donors (Lipinski definition) is 3. The van der Waals surface area contributed by atoms with Crippen LogP contribution < -0.4 is 15.5 Å². The van der Waals surface area contributed by atoms with Crippen molar-refractivity contribution in [3.8, 4) is 0 Å². The number of aliphatic carboxylic acids is 1. The van der Waals surface area contributed by atoms with E-state index in [1.54, 1.807) is 0 Å². The van der Waals surface area contributed by atoms with E-state index in [1.165, 1.54) is 5.56 Å². The van der Waals surface area contributed by atoms with E-state index >= 15 is 0 Å². The van der Waals surface area contributed by atoms with Gasteiger partial charge in [-0.05, 0) is 94.8 Å². The van der Waals surface area contributed by atoms with Gasteiger partial charge in [-0.25, -0.2) is 4.98 Å². The van der Waals surface area contributed by atoms with Gasteiger partial charge in [0.2, 0.25) is 5.91 Å². The molecular formula is C32H45N5O4. The van der Waals surface area contributed by atoms with E-state index in [0.717, 1.165) is 81.9 Å². The number of ether oxygens (including phenoxy) is 1. The summed E-state index contributed by atoms with van der Waals surface area (Å²) in [5, 5.41) is 16.4. The summed E-state index contributed by atoms with van der Waals surface area (Å²) < 4.78 is 5.65. The van der Waals surface area contributed by atoms with Crippen molar-refractivity contribution in [2.75, 3.05) is 62.7 Å². The Morgan fingerprint density at radius 2 is 2.10 bits per heavy atom. The highest BCUT2D eigenvalue weighted by atomic mass is 16.5. The van der Waals surface area contributed by atoms with Crippen molar-refractivity contribution in [3.05, 3.63) is 53.2 Å². The largest absolute Gasteiger partial charge is 0.481 e. The van der Waals surface area contributed by atoms with E-state index in [0.29, 0.717) is 25.3 Å². The molecule has 222 valence electrons. The topological polar surface area (TPSA) is 107 Å². The molecule has 9 heteroatoms. The summed E-state index contributed by atoms with van der Waals surface area (Å²) in [7, 11) is 0. The Morgan fingerprint density at radius 3 is 2.93 bits per heavy atom. The molecule has 0 spiro atoms. The second-order valence-electron chi connectivity index (χ2n) is 12.3. The molecule has 2 saturated heterocycles. The number of aromatic nitrogens is 1. The number of pyridine rings is 1. The van der Waals surface area contributed by atoms with E-state index in [-0.39, 0.29) is 23.9 Å². The minimum Gasteiger partial charge on any atom is -0.481 e. The predicted molar refractivity (Wildman–Crippen MR) is 161 cm³/mol. The van der Waals surface area contributed by atoms with Crippen LogP contribution in [-0.4, -0.2) is 84.9 Å². The molecule has 5 rings (SSSR count). The molecule has 41 heavy (non-hydrogen) atoms. The number of benzene rings is 1. The maximum absolute atomic E-state index is 13.2. The van der Waals surface area contributed by atoms with Gasteiger partial charge in [-0.1, -0.05) is 18.2 Å². The Hall–Kier alpha value is -3.17. The molecule has 1 aromatic heterocycles. The zero-order valence-electron chi connectivity index (χ0n) is 24.5. The number of fused-ring (bicyclic) bond motifs is 1. The first-order chi connectivity index (χ1) is 19.8. The van der Waals surface area contributed by atoms with Gasteiger partial charge in [0, 0.05) is 37.6 Å². The standard InChI is InChI=1S/C32H45N5O4/c1-32(2)22-41-18-17-37(32)27-11-3-7-24(19-27)28(31(39)40)20-34-30(38)25-9-5-15-36(21-25)16-6-10-26-13-12-23-8-4-14-33-29(23)35-26/h3,7,11-13,19,25,28H,4-6,8-10,14-18,20-22H2,1-2H3,(H,33,35)(H,34,38)(H,39,40)/t25-,28+/m1/s1. The molecule has 9 nitrogen and oxygen atoms in total. The number of carboxylic acid groups (broad SMARTS) is 1. The molecule has 0 aliphatic carbocycles. The zero-order chi connectivity index (χ0) is 28.8. The van der Waals surface area contributed by atoms with Crippen molar-refractivity contribution in [2.24, 2.45) is 5.92 Å². The lowest BCUT2D eigenvalue weighted by Gasteiger charge is -2.44. The number of morpholine rings is 1. The van der Waals surface area contributed by atoms with Gasteiger partial charge in [0.25, 0.3) is 0 Å². The lowest BCUT2D eigenvalue weighted by molar-refractivity contribution is -0.138. The number of likely N-dealkylation sites (tertiary alicyclic amines) is 1. The fourth-order valence-corrected chi connectivity index (χ4v) is 6.41. The van der Waals surface area contributed by atoms with Gasteiger partial charge in [0.05, 0.1) is 30.6 Å². The van der Waals surface area contributed by atoms with Crippen molar-refractivity contribution >= 4 is 23.4 Å². The van der Waals surface area contributed by atoms with Gasteiger partial charge in [0.1, 0.15) is 5.82 Å². The molecular weight excluding hydrogens is 518 g/mol. The van der Waals surface area contributed by atoms with Gasteiger partial charge >= 0.3 is 5.97 Å². The summed E-state index contributed by atoms with van der Waals surface area (Å²) >= 11 is 0. The zero-order valence-corrected chi connectivity index (χ0v) is 24.5. The normalized spacial score (nSPS) is 21.4. The first kappa shape index (κ1) is 29.3. The Kier molecular flexibility index (Phi) is 9.45. The van der Waals surface area contributed by atoms with Gasteiger partial charge in [-0.15, -0.1) is 0 Å². The fourth-order valence-electron chi connectivity index (χ4n) is 6.41. The summed E-state index contributed by atoms with van der Waals surface area (Å²) in [6, 6.07) is 12.1. The number of aryl methyl sites for hydroxylation is 2. The number of hydrogen-bond acceptors (Lipinski definition) is 7. The molecule has 3 aliphatic rings. The van der Waals surface area contributed by atoms with Crippen LogP contribution in [0.2, 0.25) is 0 Å². The smallest absolute Gasteiger partial charge is 0.312 e. The van der Waals surface area contributed by atoms with Crippen molar-refractivity contribution in [2.45, 2.75) is 63.8 Å². The SMILES string of the molecule is CC1(C)COCCN1c1cccc([C@H](CNC(=O)[C@@H]2CCCN(CCCc3ccc4c(n3)NCCC4)C2)C(=O)O)c1. The number of anilines is 2. The first-order valence-electron chi connectivity index (χ1n) is 15.2. The minimum absolute atomic E-state index is 0.0474. The van der Waals surface area contributed by atoms with Crippen LogP contribution in [0.25, 0.3) is 0 Å². The molecule has 2 atom stereocenters. The lowest BCUT2D eigenvalue weighted by atomic mass is 9.94. The quantitative estimate of drug-likeness (QED) is 0.402. The Balaban J connectivity index is 1.12. The van der Waals surface area contributed by atoms with Crippen LogP contribution in [0.1, 0.15) is 62.3 Å².